The van der Waals surface area contributed by atoms with Crippen molar-refractivity contribution in [2.24, 2.45) is 11.8 Å². The fraction of sp³-hybridized carbons (Fsp3) is 0.471. The molecule has 1 fully saturated rings. The summed E-state index contributed by atoms with van der Waals surface area (Å²) in [5.41, 5.74) is 2.19. The van der Waals surface area contributed by atoms with Gasteiger partial charge in [0.25, 0.3) is 0 Å². The average molecular weight is 316 g/mol. The number of nitrogens with zero attached hydrogens (tertiary/aromatic N) is 1. The zero-order valence-electron chi connectivity index (χ0n) is 12.8. The van der Waals surface area contributed by atoms with Gasteiger partial charge in [0.2, 0.25) is 11.8 Å². The first-order valence-electron chi connectivity index (χ1n) is 7.96. The summed E-state index contributed by atoms with van der Waals surface area (Å²) in [7, 11) is 0. The zero-order valence-corrected chi connectivity index (χ0v) is 12.8. The number of hydrogen-bond acceptors (Lipinski definition) is 3. The molecule has 3 rings (SSSR count). The summed E-state index contributed by atoms with van der Waals surface area (Å²) in [4.78, 5) is 36.5. The van der Waals surface area contributed by atoms with Gasteiger partial charge in [-0.15, -0.1) is 0 Å². The fourth-order valence-corrected chi connectivity index (χ4v) is 3.07. The quantitative estimate of drug-likeness (QED) is 0.772. The van der Waals surface area contributed by atoms with E-state index in [4.69, 9.17) is 5.11 Å². The molecule has 2 unspecified atom stereocenters. The third-order valence-electron chi connectivity index (χ3n) is 4.50. The van der Waals surface area contributed by atoms with Crippen LogP contribution < -0.4 is 10.2 Å². The van der Waals surface area contributed by atoms with Crippen LogP contribution in [0.4, 0.5) is 5.69 Å². The number of carboxylic acids is 1. The van der Waals surface area contributed by atoms with Crippen LogP contribution in [0.1, 0.15) is 24.8 Å². The second-order valence-electron chi connectivity index (χ2n) is 6.11. The van der Waals surface area contributed by atoms with E-state index in [-0.39, 0.29) is 11.8 Å². The monoisotopic (exact) mass is 316 g/mol. The molecule has 1 aromatic rings. The van der Waals surface area contributed by atoms with Crippen LogP contribution in [0.3, 0.4) is 0 Å². The van der Waals surface area contributed by atoms with Crippen LogP contribution in [-0.2, 0) is 20.8 Å². The minimum Gasteiger partial charge on any atom is -0.481 e. The van der Waals surface area contributed by atoms with Crippen LogP contribution in [-0.4, -0.2) is 36.0 Å². The highest BCUT2D eigenvalue weighted by atomic mass is 16.4. The molecule has 1 aliphatic heterocycles. The molecular weight excluding hydrogens is 296 g/mol. The number of carbonyl (C=O) groups is 3. The van der Waals surface area contributed by atoms with E-state index in [2.05, 4.69) is 5.32 Å². The van der Waals surface area contributed by atoms with E-state index in [1.807, 2.05) is 24.3 Å². The maximum atomic E-state index is 12.3. The average Bonchev–Trinajstić information content (AvgIpc) is 3.24. The van der Waals surface area contributed by atoms with Gasteiger partial charge in [-0.3, -0.25) is 14.4 Å². The highest BCUT2D eigenvalue weighted by Crippen LogP contribution is 2.38. The van der Waals surface area contributed by atoms with E-state index < -0.39 is 17.8 Å². The minimum atomic E-state index is -0.909. The molecule has 122 valence electrons. The number of rotatable bonds is 6. The van der Waals surface area contributed by atoms with Crippen molar-refractivity contribution in [1.82, 2.24) is 5.32 Å². The van der Waals surface area contributed by atoms with Gasteiger partial charge in [0.15, 0.2) is 0 Å². The molecule has 1 aromatic carbocycles. The standard InChI is InChI=1S/C17H20N2O4/c20-15(19-9-7-11-4-1-2-5-14(11)19)6-3-8-18-16(21)12-10-13(12)17(22)23/h1-2,4-5,12-13H,3,6-10H2,(H,18,21)(H,22,23). The highest BCUT2D eigenvalue weighted by molar-refractivity contribution is 5.95. The molecular formula is C17H20N2O4. The number of hydrogen-bond donors (Lipinski definition) is 2. The largest absolute Gasteiger partial charge is 0.481 e. The van der Waals surface area contributed by atoms with Crippen molar-refractivity contribution in [3.8, 4) is 0 Å². The van der Waals surface area contributed by atoms with Crippen molar-refractivity contribution in [3.05, 3.63) is 29.8 Å². The summed E-state index contributed by atoms with van der Waals surface area (Å²) < 4.78 is 0. The fourth-order valence-electron chi connectivity index (χ4n) is 3.07. The topological polar surface area (TPSA) is 86.7 Å². The Labute approximate surface area is 134 Å². The Morgan fingerprint density at radius 3 is 2.74 bits per heavy atom. The second kappa shape index (κ2) is 6.40. The zero-order chi connectivity index (χ0) is 16.4. The van der Waals surface area contributed by atoms with E-state index in [1.165, 1.54) is 5.56 Å². The Kier molecular flexibility index (Phi) is 4.32. The van der Waals surface area contributed by atoms with Gasteiger partial charge in [-0.2, -0.15) is 0 Å². The molecule has 0 radical (unpaired) electrons. The van der Waals surface area contributed by atoms with Crippen molar-refractivity contribution in [1.29, 1.82) is 0 Å². The first-order chi connectivity index (χ1) is 11.1. The second-order valence-corrected chi connectivity index (χ2v) is 6.11. The Hall–Kier alpha value is -2.37. The number of carboxylic acid groups (broad SMARTS) is 1. The number of aliphatic carboxylic acids is 1. The van der Waals surface area contributed by atoms with Crippen LogP contribution >= 0.6 is 0 Å². The van der Waals surface area contributed by atoms with Crippen molar-refractivity contribution >= 4 is 23.5 Å². The predicted molar refractivity (Wildman–Crippen MR) is 84.0 cm³/mol. The van der Waals surface area contributed by atoms with E-state index >= 15 is 0 Å². The SMILES string of the molecule is O=C(O)C1CC1C(=O)NCCCC(=O)N1CCc2ccccc21. The maximum absolute atomic E-state index is 12.3. The first kappa shape index (κ1) is 15.5. The van der Waals surface area contributed by atoms with Gasteiger partial charge in [0.05, 0.1) is 11.8 Å². The van der Waals surface area contributed by atoms with Crippen LogP contribution in [0.5, 0.6) is 0 Å². The Morgan fingerprint density at radius 2 is 2.00 bits per heavy atom. The van der Waals surface area contributed by atoms with E-state index in [1.54, 1.807) is 4.90 Å². The molecule has 1 saturated carbocycles. The van der Waals surface area contributed by atoms with Gasteiger partial charge in [-0.25, -0.2) is 0 Å². The van der Waals surface area contributed by atoms with Gasteiger partial charge < -0.3 is 15.3 Å². The third kappa shape index (κ3) is 3.36. The smallest absolute Gasteiger partial charge is 0.307 e. The van der Waals surface area contributed by atoms with Gasteiger partial charge in [0, 0.05) is 25.2 Å². The molecule has 0 bridgehead atoms. The normalized spacial score (nSPS) is 21.7. The van der Waals surface area contributed by atoms with Crippen LogP contribution in [0.25, 0.3) is 0 Å². The molecule has 0 spiro atoms. The molecule has 1 heterocycles. The summed E-state index contributed by atoms with van der Waals surface area (Å²) >= 11 is 0. The van der Waals surface area contributed by atoms with Crippen molar-refractivity contribution in [3.63, 3.8) is 0 Å². The molecule has 0 aromatic heterocycles. The van der Waals surface area contributed by atoms with Crippen LogP contribution in [0.2, 0.25) is 0 Å². The number of benzene rings is 1. The predicted octanol–water partition coefficient (Wildman–Crippen LogP) is 1.19. The number of amides is 2. The third-order valence-corrected chi connectivity index (χ3v) is 4.50. The first-order valence-corrected chi connectivity index (χ1v) is 7.96. The highest BCUT2D eigenvalue weighted by Gasteiger charge is 2.48. The van der Waals surface area contributed by atoms with Gasteiger partial charge in [-0.05, 0) is 30.9 Å². The summed E-state index contributed by atoms with van der Waals surface area (Å²) in [5.74, 6) is -1.98. The van der Waals surface area contributed by atoms with Crippen molar-refractivity contribution in [2.75, 3.05) is 18.0 Å². The van der Waals surface area contributed by atoms with Crippen molar-refractivity contribution < 1.29 is 19.5 Å². The summed E-state index contributed by atoms with van der Waals surface area (Å²) in [6.45, 7) is 1.12. The number of carbonyl (C=O) groups excluding carboxylic acids is 2. The van der Waals surface area contributed by atoms with Gasteiger partial charge in [-0.1, -0.05) is 18.2 Å². The lowest BCUT2D eigenvalue weighted by Crippen LogP contribution is -2.31. The lowest BCUT2D eigenvalue weighted by molar-refractivity contribution is -0.140. The van der Waals surface area contributed by atoms with Gasteiger partial charge in [0.1, 0.15) is 0 Å². The minimum absolute atomic E-state index is 0.0685. The van der Waals surface area contributed by atoms with E-state index in [9.17, 15) is 14.4 Å². The molecule has 2 N–H and O–H groups in total. The van der Waals surface area contributed by atoms with E-state index in [0.717, 1.165) is 12.1 Å². The molecule has 2 aliphatic rings. The Morgan fingerprint density at radius 1 is 1.22 bits per heavy atom. The molecule has 0 saturated heterocycles. The number of para-hydroxylation sites is 1. The molecule has 1 aliphatic carbocycles. The Bertz CT molecular complexity index is 643. The lowest BCUT2D eigenvalue weighted by atomic mass is 10.2. The maximum Gasteiger partial charge on any atom is 0.307 e. The number of nitrogens with one attached hydrogen (secondary N) is 1. The Balaban J connectivity index is 1.39. The summed E-state index contributed by atoms with van der Waals surface area (Å²) in [6.07, 6.45) is 2.25. The van der Waals surface area contributed by atoms with Crippen molar-refractivity contribution in [2.45, 2.75) is 25.7 Å². The number of anilines is 1. The molecule has 23 heavy (non-hydrogen) atoms. The summed E-state index contributed by atoms with van der Waals surface area (Å²) in [5, 5.41) is 11.5. The van der Waals surface area contributed by atoms with Crippen LogP contribution in [0, 0.1) is 11.8 Å². The molecule has 6 heteroatoms. The molecule has 2 atom stereocenters. The lowest BCUT2D eigenvalue weighted by Gasteiger charge is -2.17. The summed E-state index contributed by atoms with van der Waals surface area (Å²) in [6, 6.07) is 7.91. The van der Waals surface area contributed by atoms with E-state index in [0.29, 0.717) is 32.4 Å². The molecule has 6 nitrogen and oxygen atoms in total. The number of fused-ring (bicyclic) bond motifs is 1. The van der Waals surface area contributed by atoms with Crippen LogP contribution in [0.15, 0.2) is 24.3 Å². The molecule has 2 amide bonds. The van der Waals surface area contributed by atoms with Gasteiger partial charge >= 0.3 is 5.97 Å².